The van der Waals surface area contributed by atoms with Gasteiger partial charge in [-0.25, -0.2) is 0 Å². The number of nitrogens with one attached hydrogen (secondary N) is 2. The molecule has 0 aliphatic heterocycles. The summed E-state index contributed by atoms with van der Waals surface area (Å²) in [5.74, 6) is 0.901. The number of aryl methyl sites for hydroxylation is 1. The minimum absolute atomic E-state index is 0. The topological polar surface area (TPSA) is 48.9 Å². The van der Waals surface area contributed by atoms with Gasteiger partial charge in [-0.3, -0.25) is 4.99 Å². The third-order valence-electron chi connectivity index (χ3n) is 3.86. The summed E-state index contributed by atoms with van der Waals surface area (Å²) in [7, 11) is 3.83. The first-order chi connectivity index (χ1) is 11.7. The molecule has 0 aliphatic rings. The fourth-order valence-corrected chi connectivity index (χ4v) is 2.34. The Morgan fingerprint density at radius 1 is 1.24 bits per heavy atom. The zero-order valence-corrected chi connectivity index (χ0v) is 18.5. The smallest absolute Gasteiger partial charge is 0.191 e. The molecule has 144 valence electrons. The van der Waals surface area contributed by atoms with Gasteiger partial charge < -0.3 is 20.3 Å². The van der Waals surface area contributed by atoms with E-state index >= 15 is 0 Å². The highest BCUT2D eigenvalue weighted by atomic mass is 127. The van der Waals surface area contributed by atoms with Crippen LogP contribution in [0, 0.1) is 0 Å². The van der Waals surface area contributed by atoms with E-state index in [0.717, 1.165) is 51.6 Å². The van der Waals surface area contributed by atoms with Gasteiger partial charge in [-0.15, -0.1) is 24.0 Å². The van der Waals surface area contributed by atoms with Crippen molar-refractivity contribution in [3.05, 3.63) is 35.9 Å². The molecule has 0 amide bonds. The first kappa shape index (κ1) is 24.1. The molecular formula is C19H35IN4O. The van der Waals surface area contributed by atoms with Crippen LogP contribution in [0.25, 0.3) is 0 Å². The van der Waals surface area contributed by atoms with Gasteiger partial charge in [0.25, 0.3) is 0 Å². The van der Waals surface area contributed by atoms with Gasteiger partial charge in [0.1, 0.15) is 0 Å². The maximum atomic E-state index is 5.09. The highest BCUT2D eigenvalue weighted by Gasteiger charge is 2.06. The highest BCUT2D eigenvalue weighted by molar-refractivity contribution is 14.0. The van der Waals surface area contributed by atoms with Crippen LogP contribution in [0.5, 0.6) is 0 Å². The summed E-state index contributed by atoms with van der Waals surface area (Å²) in [6.07, 6.45) is 2.16. The summed E-state index contributed by atoms with van der Waals surface area (Å²) in [5.41, 5.74) is 1.38. The predicted octanol–water partition coefficient (Wildman–Crippen LogP) is 2.76. The van der Waals surface area contributed by atoms with Crippen LogP contribution in [0.3, 0.4) is 0 Å². The summed E-state index contributed by atoms with van der Waals surface area (Å²) in [6, 6.07) is 11.0. The van der Waals surface area contributed by atoms with E-state index < -0.39 is 0 Å². The molecule has 0 radical (unpaired) electrons. The highest BCUT2D eigenvalue weighted by Crippen LogP contribution is 2.04. The van der Waals surface area contributed by atoms with Gasteiger partial charge >= 0.3 is 0 Å². The Bertz CT molecular complexity index is 456. The normalized spacial score (nSPS) is 12.6. The first-order valence-corrected chi connectivity index (χ1v) is 8.92. The number of ether oxygens (including phenoxy) is 1. The second kappa shape index (κ2) is 15.4. The third kappa shape index (κ3) is 12.2. The zero-order valence-electron chi connectivity index (χ0n) is 16.1. The van der Waals surface area contributed by atoms with Crippen molar-refractivity contribution in [3.8, 4) is 0 Å². The van der Waals surface area contributed by atoms with Crippen LogP contribution >= 0.6 is 24.0 Å². The minimum atomic E-state index is 0. The molecule has 1 aromatic carbocycles. The molecular weight excluding hydrogens is 427 g/mol. The molecule has 0 aliphatic carbocycles. The van der Waals surface area contributed by atoms with Gasteiger partial charge in [0.2, 0.25) is 0 Å². The van der Waals surface area contributed by atoms with Crippen LogP contribution in [0.1, 0.15) is 25.8 Å². The van der Waals surface area contributed by atoms with E-state index in [4.69, 9.17) is 4.74 Å². The van der Waals surface area contributed by atoms with E-state index in [0.29, 0.717) is 6.04 Å². The van der Waals surface area contributed by atoms with Gasteiger partial charge in [-0.05, 0) is 39.3 Å². The van der Waals surface area contributed by atoms with E-state index in [9.17, 15) is 0 Å². The van der Waals surface area contributed by atoms with Crippen molar-refractivity contribution in [3.63, 3.8) is 0 Å². The number of guanidine groups is 1. The first-order valence-electron chi connectivity index (χ1n) is 8.92. The number of hydrogen-bond acceptors (Lipinski definition) is 3. The van der Waals surface area contributed by atoms with Crippen LogP contribution in [0.2, 0.25) is 0 Å². The van der Waals surface area contributed by atoms with Gasteiger partial charge in [-0.2, -0.15) is 0 Å². The summed E-state index contributed by atoms with van der Waals surface area (Å²) in [5, 5.41) is 6.83. The molecule has 1 rings (SSSR count). The van der Waals surface area contributed by atoms with Crippen molar-refractivity contribution >= 4 is 29.9 Å². The summed E-state index contributed by atoms with van der Waals surface area (Å²) < 4.78 is 5.09. The number of halogens is 1. The molecule has 0 bridgehead atoms. The van der Waals surface area contributed by atoms with Crippen LogP contribution in [-0.2, 0) is 11.2 Å². The standard InChI is InChI=1S/C19H34N4O.HI/c1-5-20-19(21-13-14-23(3)15-16-24-4)22-17(2)11-12-18-9-7-6-8-10-18;/h6-10,17H,5,11-16H2,1-4H3,(H2,20,21,22);1H. The molecule has 0 aromatic heterocycles. The number of aliphatic imine (C=N–C) groups is 1. The van der Waals surface area contributed by atoms with Crippen LogP contribution in [-0.4, -0.2) is 63.8 Å². The fraction of sp³-hybridized carbons (Fsp3) is 0.632. The number of benzene rings is 1. The Hall–Kier alpha value is -0.860. The van der Waals surface area contributed by atoms with E-state index in [1.165, 1.54) is 5.56 Å². The zero-order chi connectivity index (χ0) is 17.6. The lowest BCUT2D eigenvalue weighted by Gasteiger charge is -2.19. The molecule has 0 heterocycles. The molecule has 6 heteroatoms. The quantitative estimate of drug-likeness (QED) is 0.302. The van der Waals surface area contributed by atoms with E-state index in [1.54, 1.807) is 7.11 Å². The number of rotatable bonds is 11. The largest absolute Gasteiger partial charge is 0.383 e. The molecule has 2 N–H and O–H groups in total. The van der Waals surface area contributed by atoms with Gasteiger partial charge in [0.05, 0.1) is 13.2 Å². The summed E-state index contributed by atoms with van der Waals surface area (Å²) in [4.78, 5) is 6.90. The van der Waals surface area contributed by atoms with Gasteiger partial charge in [0, 0.05) is 32.8 Å². The lowest BCUT2D eigenvalue weighted by atomic mass is 10.1. The van der Waals surface area contributed by atoms with Crippen LogP contribution < -0.4 is 10.6 Å². The maximum Gasteiger partial charge on any atom is 0.191 e. The van der Waals surface area contributed by atoms with Crippen molar-refractivity contribution in [1.29, 1.82) is 0 Å². The fourth-order valence-electron chi connectivity index (χ4n) is 2.34. The SMILES string of the molecule is CCNC(=NCCN(C)CCOC)NC(C)CCc1ccccc1.I. The molecule has 0 spiro atoms. The van der Waals surface area contributed by atoms with Crippen molar-refractivity contribution in [2.75, 3.05) is 46.9 Å². The molecule has 1 aromatic rings. The number of methoxy groups -OCH3 is 1. The molecule has 0 fully saturated rings. The Labute approximate surface area is 170 Å². The summed E-state index contributed by atoms with van der Waals surface area (Å²) >= 11 is 0. The Morgan fingerprint density at radius 2 is 1.96 bits per heavy atom. The second-order valence-electron chi connectivity index (χ2n) is 6.13. The van der Waals surface area contributed by atoms with E-state index in [-0.39, 0.29) is 24.0 Å². The van der Waals surface area contributed by atoms with E-state index in [2.05, 4.69) is 71.8 Å². The number of hydrogen-bond donors (Lipinski definition) is 2. The van der Waals surface area contributed by atoms with Gasteiger partial charge in [0.15, 0.2) is 5.96 Å². The monoisotopic (exact) mass is 462 g/mol. The average molecular weight is 462 g/mol. The predicted molar refractivity (Wildman–Crippen MR) is 118 cm³/mol. The molecule has 1 unspecified atom stereocenters. The molecule has 0 saturated carbocycles. The average Bonchev–Trinajstić information content (AvgIpc) is 2.59. The Balaban J connectivity index is 0.00000576. The van der Waals surface area contributed by atoms with Gasteiger partial charge in [-0.1, -0.05) is 30.3 Å². The maximum absolute atomic E-state index is 5.09. The van der Waals surface area contributed by atoms with Crippen molar-refractivity contribution < 1.29 is 4.74 Å². The minimum Gasteiger partial charge on any atom is -0.383 e. The van der Waals surface area contributed by atoms with Crippen molar-refractivity contribution in [2.45, 2.75) is 32.7 Å². The number of nitrogens with zero attached hydrogens (tertiary/aromatic N) is 2. The molecule has 5 nitrogen and oxygen atoms in total. The third-order valence-corrected chi connectivity index (χ3v) is 3.86. The van der Waals surface area contributed by atoms with Crippen molar-refractivity contribution in [2.24, 2.45) is 4.99 Å². The van der Waals surface area contributed by atoms with Crippen LogP contribution in [0.4, 0.5) is 0 Å². The van der Waals surface area contributed by atoms with Crippen molar-refractivity contribution in [1.82, 2.24) is 15.5 Å². The van der Waals surface area contributed by atoms with E-state index in [1.807, 2.05) is 0 Å². The molecule has 25 heavy (non-hydrogen) atoms. The van der Waals surface area contributed by atoms with Crippen LogP contribution in [0.15, 0.2) is 35.3 Å². The lowest BCUT2D eigenvalue weighted by Crippen LogP contribution is -2.42. The molecule has 0 saturated heterocycles. The Kier molecular flexibility index (Phi) is 14.9. The summed E-state index contributed by atoms with van der Waals surface area (Å²) in [6.45, 7) is 8.58. The Morgan fingerprint density at radius 3 is 2.60 bits per heavy atom. The molecule has 1 atom stereocenters. The number of likely N-dealkylation sites (N-methyl/N-ethyl adjacent to an activating group) is 1. The lowest BCUT2D eigenvalue weighted by molar-refractivity contribution is 0.163. The second-order valence-corrected chi connectivity index (χ2v) is 6.13.